The topological polar surface area (TPSA) is 48.9 Å². The molecule has 5 nitrogen and oxygen atoms in total. The van der Waals surface area contributed by atoms with Crippen molar-refractivity contribution in [1.29, 1.82) is 0 Å². The highest BCUT2D eigenvalue weighted by atomic mass is 127. The van der Waals surface area contributed by atoms with Crippen molar-refractivity contribution in [3.8, 4) is 5.75 Å². The minimum Gasteiger partial charge on any atom is -0.495 e. The van der Waals surface area contributed by atoms with Crippen molar-refractivity contribution in [2.75, 3.05) is 45.2 Å². The Morgan fingerprint density at radius 2 is 2.04 bits per heavy atom. The number of aliphatic imine (C=N–C) groups is 1. The average molecular weight is 474 g/mol. The first-order chi connectivity index (χ1) is 12.3. The molecule has 26 heavy (non-hydrogen) atoms. The molecule has 1 aromatic rings. The summed E-state index contributed by atoms with van der Waals surface area (Å²) in [5.74, 6) is 2.51. The second-order valence-electron chi connectivity index (χ2n) is 6.71. The number of benzene rings is 1. The number of nitrogens with zero attached hydrogens (tertiary/aromatic N) is 2. The van der Waals surface area contributed by atoms with Gasteiger partial charge < -0.3 is 20.3 Å². The molecule has 1 fully saturated rings. The van der Waals surface area contributed by atoms with Gasteiger partial charge in [0, 0.05) is 33.2 Å². The van der Waals surface area contributed by atoms with Gasteiger partial charge in [-0.05, 0) is 30.9 Å². The summed E-state index contributed by atoms with van der Waals surface area (Å²) in [6.45, 7) is 6.33. The molecule has 0 radical (unpaired) electrons. The third kappa shape index (κ3) is 7.21. The summed E-state index contributed by atoms with van der Waals surface area (Å²) in [4.78, 5) is 6.75. The van der Waals surface area contributed by atoms with Crippen LogP contribution in [0.15, 0.2) is 29.3 Å². The van der Waals surface area contributed by atoms with E-state index in [2.05, 4.69) is 39.6 Å². The van der Waals surface area contributed by atoms with Crippen LogP contribution < -0.4 is 20.3 Å². The number of ether oxygens (including phenoxy) is 1. The van der Waals surface area contributed by atoms with Gasteiger partial charge in [-0.1, -0.05) is 38.3 Å². The molecule has 1 heterocycles. The highest BCUT2D eigenvalue weighted by Gasteiger charge is 2.24. The van der Waals surface area contributed by atoms with Crippen molar-refractivity contribution in [2.24, 2.45) is 10.9 Å². The highest BCUT2D eigenvalue weighted by molar-refractivity contribution is 14.0. The van der Waals surface area contributed by atoms with E-state index in [4.69, 9.17) is 4.74 Å². The summed E-state index contributed by atoms with van der Waals surface area (Å²) in [5.41, 5.74) is 1.20. The van der Waals surface area contributed by atoms with Crippen molar-refractivity contribution >= 4 is 35.6 Å². The fraction of sp³-hybridized carbons (Fsp3) is 0.650. The molecule has 2 N–H and O–H groups in total. The first kappa shape index (κ1) is 22.9. The Morgan fingerprint density at radius 3 is 2.77 bits per heavy atom. The van der Waals surface area contributed by atoms with Crippen LogP contribution in [0, 0.1) is 5.92 Å². The molecule has 1 aliphatic heterocycles. The van der Waals surface area contributed by atoms with E-state index in [-0.39, 0.29) is 24.0 Å². The first-order valence-corrected chi connectivity index (χ1v) is 9.61. The van der Waals surface area contributed by atoms with E-state index in [1.54, 1.807) is 7.11 Å². The van der Waals surface area contributed by atoms with E-state index in [1.807, 2.05) is 19.2 Å². The van der Waals surface area contributed by atoms with E-state index >= 15 is 0 Å². The van der Waals surface area contributed by atoms with Gasteiger partial charge in [-0.2, -0.15) is 0 Å². The molecule has 2 rings (SSSR count). The lowest BCUT2D eigenvalue weighted by Crippen LogP contribution is -2.40. The van der Waals surface area contributed by atoms with Gasteiger partial charge >= 0.3 is 0 Å². The zero-order chi connectivity index (χ0) is 17.9. The molecular weight excluding hydrogens is 439 g/mol. The molecule has 0 bridgehead atoms. The SMILES string of the molecule is CCCCCCNC(=NC)NCC1CCN(c2ccccc2OC)C1.I. The summed E-state index contributed by atoms with van der Waals surface area (Å²) in [6, 6.07) is 8.28. The van der Waals surface area contributed by atoms with Crippen LogP contribution in [0.25, 0.3) is 0 Å². The van der Waals surface area contributed by atoms with Crippen LogP contribution in [0.5, 0.6) is 5.75 Å². The number of methoxy groups -OCH3 is 1. The maximum atomic E-state index is 5.49. The molecule has 1 atom stereocenters. The van der Waals surface area contributed by atoms with Crippen LogP contribution in [0.3, 0.4) is 0 Å². The normalized spacial score (nSPS) is 17.0. The molecule has 1 aromatic carbocycles. The smallest absolute Gasteiger partial charge is 0.190 e. The number of hydrogen-bond acceptors (Lipinski definition) is 3. The van der Waals surface area contributed by atoms with Gasteiger partial charge in [0.05, 0.1) is 12.8 Å². The molecule has 0 aromatic heterocycles. The second kappa shape index (κ2) is 13.1. The maximum Gasteiger partial charge on any atom is 0.190 e. The minimum atomic E-state index is 0. The Morgan fingerprint density at radius 1 is 1.23 bits per heavy atom. The van der Waals surface area contributed by atoms with E-state index in [0.717, 1.165) is 37.9 Å². The highest BCUT2D eigenvalue weighted by Crippen LogP contribution is 2.31. The van der Waals surface area contributed by atoms with Crippen molar-refractivity contribution in [3.05, 3.63) is 24.3 Å². The lowest BCUT2D eigenvalue weighted by Gasteiger charge is -2.21. The Balaban J connectivity index is 0.00000338. The fourth-order valence-electron chi connectivity index (χ4n) is 3.33. The van der Waals surface area contributed by atoms with Crippen LogP contribution in [0.2, 0.25) is 0 Å². The van der Waals surface area contributed by atoms with Gasteiger partial charge in [0.25, 0.3) is 0 Å². The first-order valence-electron chi connectivity index (χ1n) is 9.61. The number of rotatable bonds is 9. The zero-order valence-corrected chi connectivity index (χ0v) is 18.8. The third-order valence-electron chi connectivity index (χ3n) is 4.82. The third-order valence-corrected chi connectivity index (χ3v) is 4.82. The average Bonchev–Trinajstić information content (AvgIpc) is 3.12. The van der Waals surface area contributed by atoms with Crippen LogP contribution in [0.4, 0.5) is 5.69 Å². The Bertz CT molecular complexity index is 538. The fourth-order valence-corrected chi connectivity index (χ4v) is 3.33. The molecule has 0 aliphatic carbocycles. The van der Waals surface area contributed by atoms with Crippen LogP contribution >= 0.6 is 24.0 Å². The van der Waals surface area contributed by atoms with Gasteiger partial charge in [0.15, 0.2) is 5.96 Å². The Hall–Kier alpha value is -1.18. The summed E-state index contributed by atoms with van der Waals surface area (Å²) in [6.07, 6.45) is 6.28. The van der Waals surface area contributed by atoms with Crippen LogP contribution in [-0.2, 0) is 0 Å². The quantitative estimate of drug-likeness (QED) is 0.247. The van der Waals surface area contributed by atoms with E-state index in [0.29, 0.717) is 5.92 Å². The lowest BCUT2D eigenvalue weighted by molar-refractivity contribution is 0.414. The van der Waals surface area contributed by atoms with Crippen molar-refractivity contribution in [1.82, 2.24) is 10.6 Å². The molecule has 0 spiro atoms. The van der Waals surface area contributed by atoms with E-state index in [1.165, 1.54) is 37.8 Å². The Labute approximate surface area is 176 Å². The van der Waals surface area contributed by atoms with Gasteiger partial charge in [0.2, 0.25) is 0 Å². The van der Waals surface area contributed by atoms with Gasteiger partial charge in [-0.25, -0.2) is 0 Å². The number of para-hydroxylation sites is 2. The molecule has 0 saturated carbocycles. The van der Waals surface area contributed by atoms with Crippen molar-refractivity contribution in [2.45, 2.75) is 39.0 Å². The van der Waals surface area contributed by atoms with Crippen molar-refractivity contribution < 1.29 is 4.74 Å². The minimum absolute atomic E-state index is 0. The second-order valence-corrected chi connectivity index (χ2v) is 6.71. The largest absolute Gasteiger partial charge is 0.495 e. The molecular formula is C20H35IN4O. The van der Waals surface area contributed by atoms with Crippen molar-refractivity contribution in [3.63, 3.8) is 0 Å². The maximum absolute atomic E-state index is 5.49. The number of anilines is 1. The molecule has 1 saturated heterocycles. The number of halogens is 1. The number of unbranched alkanes of at least 4 members (excludes halogenated alkanes) is 3. The monoisotopic (exact) mass is 474 g/mol. The lowest BCUT2D eigenvalue weighted by atomic mass is 10.1. The molecule has 0 amide bonds. The Kier molecular flexibility index (Phi) is 11.5. The zero-order valence-electron chi connectivity index (χ0n) is 16.5. The number of nitrogens with one attached hydrogen (secondary N) is 2. The predicted octanol–water partition coefficient (Wildman–Crippen LogP) is 3.88. The van der Waals surface area contributed by atoms with E-state index in [9.17, 15) is 0 Å². The predicted molar refractivity (Wildman–Crippen MR) is 122 cm³/mol. The standard InChI is InChI=1S/C20H34N4O.HI/c1-4-5-6-9-13-22-20(21-2)23-15-17-12-14-24(16-17)18-10-7-8-11-19(18)25-3;/h7-8,10-11,17H,4-6,9,12-16H2,1-3H3,(H2,21,22,23);1H. The van der Waals surface area contributed by atoms with Gasteiger partial charge in [-0.3, -0.25) is 4.99 Å². The molecule has 1 unspecified atom stereocenters. The molecule has 1 aliphatic rings. The molecule has 148 valence electrons. The number of hydrogen-bond donors (Lipinski definition) is 2. The van der Waals surface area contributed by atoms with Crippen LogP contribution in [0.1, 0.15) is 39.0 Å². The van der Waals surface area contributed by atoms with Gasteiger partial charge in [-0.15, -0.1) is 24.0 Å². The summed E-state index contributed by atoms with van der Waals surface area (Å²) in [7, 11) is 3.58. The summed E-state index contributed by atoms with van der Waals surface area (Å²) < 4.78 is 5.49. The molecule has 6 heteroatoms. The van der Waals surface area contributed by atoms with E-state index < -0.39 is 0 Å². The van der Waals surface area contributed by atoms with Gasteiger partial charge in [0.1, 0.15) is 5.75 Å². The van der Waals surface area contributed by atoms with Crippen LogP contribution in [-0.4, -0.2) is 46.3 Å². The number of guanidine groups is 1. The summed E-state index contributed by atoms with van der Waals surface area (Å²) >= 11 is 0. The summed E-state index contributed by atoms with van der Waals surface area (Å²) in [5, 5.41) is 6.90.